The lowest BCUT2D eigenvalue weighted by Crippen LogP contribution is -2.50. The monoisotopic (exact) mass is 294 g/mol. The Morgan fingerprint density at radius 3 is 2.85 bits per heavy atom. The second kappa shape index (κ2) is 5.88. The van der Waals surface area contributed by atoms with Gasteiger partial charge in [-0.2, -0.15) is 0 Å². The summed E-state index contributed by atoms with van der Waals surface area (Å²) in [5.41, 5.74) is 0.975. The molecule has 1 N–H and O–H groups in total. The first-order chi connectivity index (χ1) is 9.63. The van der Waals surface area contributed by atoms with Crippen LogP contribution in [0.3, 0.4) is 0 Å². The van der Waals surface area contributed by atoms with Crippen molar-refractivity contribution in [3.8, 4) is 0 Å². The number of anilines is 1. The van der Waals surface area contributed by atoms with Gasteiger partial charge in [0.05, 0.1) is 10.7 Å². The topological polar surface area (TPSA) is 31.4 Å². The zero-order valence-electron chi connectivity index (χ0n) is 12.3. The standard InChI is InChI=1S/C15H23ClN4/c1-11-10-20(8-7-19(11)2)15-6-5-13(16)14(18-15)9-17-12-3-4-12/h5-6,11-12,17H,3-4,7-10H2,1-2H3. The van der Waals surface area contributed by atoms with Crippen LogP contribution in [0.1, 0.15) is 25.5 Å². The van der Waals surface area contributed by atoms with Gasteiger partial charge in [-0.05, 0) is 38.9 Å². The molecule has 3 rings (SSSR count). The molecule has 0 spiro atoms. The molecule has 0 bridgehead atoms. The summed E-state index contributed by atoms with van der Waals surface area (Å²) in [4.78, 5) is 9.52. The van der Waals surface area contributed by atoms with Gasteiger partial charge in [0.25, 0.3) is 0 Å². The highest BCUT2D eigenvalue weighted by Gasteiger charge is 2.23. The number of aromatic nitrogens is 1. The molecule has 1 atom stereocenters. The predicted molar refractivity (Wildman–Crippen MR) is 83.4 cm³/mol. The van der Waals surface area contributed by atoms with E-state index in [2.05, 4.69) is 29.1 Å². The largest absolute Gasteiger partial charge is 0.354 e. The van der Waals surface area contributed by atoms with Gasteiger partial charge in [-0.25, -0.2) is 4.98 Å². The highest BCUT2D eigenvalue weighted by atomic mass is 35.5. The molecule has 1 aromatic rings. The summed E-state index contributed by atoms with van der Waals surface area (Å²) in [5, 5.41) is 4.25. The number of hydrogen-bond donors (Lipinski definition) is 1. The van der Waals surface area contributed by atoms with E-state index in [4.69, 9.17) is 16.6 Å². The van der Waals surface area contributed by atoms with E-state index < -0.39 is 0 Å². The zero-order valence-corrected chi connectivity index (χ0v) is 13.0. The first-order valence-electron chi connectivity index (χ1n) is 7.47. The Hall–Kier alpha value is -0.840. The fraction of sp³-hybridized carbons (Fsp3) is 0.667. The Balaban J connectivity index is 1.70. The number of nitrogens with one attached hydrogen (secondary N) is 1. The smallest absolute Gasteiger partial charge is 0.129 e. The molecule has 1 saturated heterocycles. The molecule has 20 heavy (non-hydrogen) atoms. The molecule has 1 unspecified atom stereocenters. The Labute approximate surface area is 126 Å². The van der Waals surface area contributed by atoms with E-state index in [0.29, 0.717) is 12.1 Å². The minimum Gasteiger partial charge on any atom is -0.354 e. The lowest BCUT2D eigenvalue weighted by atomic mass is 10.2. The summed E-state index contributed by atoms with van der Waals surface area (Å²) < 4.78 is 0. The van der Waals surface area contributed by atoms with E-state index in [0.717, 1.165) is 42.7 Å². The maximum Gasteiger partial charge on any atom is 0.129 e. The average molecular weight is 295 g/mol. The number of nitrogens with zero attached hydrogens (tertiary/aromatic N) is 3. The number of likely N-dealkylation sites (N-methyl/N-ethyl adjacent to an activating group) is 1. The average Bonchev–Trinajstić information content (AvgIpc) is 3.25. The van der Waals surface area contributed by atoms with Crippen molar-refractivity contribution in [3.05, 3.63) is 22.8 Å². The Bertz CT molecular complexity index is 475. The van der Waals surface area contributed by atoms with Crippen LogP contribution in [0.5, 0.6) is 0 Å². The van der Waals surface area contributed by atoms with Crippen molar-refractivity contribution in [3.63, 3.8) is 0 Å². The highest BCUT2D eigenvalue weighted by Crippen LogP contribution is 2.23. The van der Waals surface area contributed by atoms with Crippen molar-refractivity contribution in [2.75, 3.05) is 31.6 Å². The van der Waals surface area contributed by atoms with Gasteiger partial charge in [0.1, 0.15) is 5.82 Å². The maximum atomic E-state index is 6.26. The van der Waals surface area contributed by atoms with Crippen LogP contribution in [0.4, 0.5) is 5.82 Å². The summed E-state index contributed by atoms with van der Waals surface area (Å²) in [7, 11) is 2.18. The van der Waals surface area contributed by atoms with Gasteiger partial charge >= 0.3 is 0 Å². The quantitative estimate of drug-likeness (QED) is 0.922. The fourth-order valence-corrected chi connectivity index (χ4v) is 2.73. The maximum absolute atomic E-state index is 6.26. The molecule has 110 valence electrons. The molecule has 5 heteroatoms. The molecule has 2 fully saturated rings. The van der Waals surface area contributed by atoms with Gasteiger partial charge in [0.15, 0.2) is 0 Å². The van der Waals surface area contributed by atoms with Crippen molar-refractivity contribution < 1.29 is 0 Å². The van der Waals surface area contributed by atoms with Crippen molar-refractivity contribution in [2.24, 2.45) is 0 Å². The van der Waals surface area contributed by atoms with Crippen LogP contribution in [-0.4, -0.2) is 48.6 Å². The molecule has 1 aliphatic carbocycles. The van der Waals surface area contributed by atoms with E-state index >= 15 is 0 Å². The third-order valence-corrected chi connectivity index (χ3v) is 4.67. The number of piperazine rings is 1. The molecule has 4 nitrogen and oxygen atoms in total. The fourth-order valence-electron chi connectivity index (χ4n) is 2.56. The summed E-state index contributed by atoms with van der Waals surface area (Å²) in [6, 6.07) is 5.27. The lowest BCUT2D eigenvalue weighted by molar-refractivity contribution is 0.233. The van der Waals surface area contributed by atoms with E-state index in [1.807, 2.05) is 12.1 Å². The SMILES string of the molecule is CC1CN(c2ccc(Cl)c(CNC3CC3)n2)CCN1C. The lowest BCUT2D eigenvalue weighted by Gasteiger charge is -2.38. The summed E-state index contributed by atoms with van der Waals surface area (Å²) >= 11 is 6.26. The Kier molecular flexibility index (Phi) is 4.15. The van der Waals surface area contributed by atoms with Crippen molar-refractivity contribution >= 4 is 17.4 Å². The molecule has 0 radical (unpaired) electrons. The van der Waals surface area contributed by atoms with Crippen LogP contribution in [0.2, 0.25) is 5.02 Å². The van der Waals surface area contributed by atoms with Crippen LogP contribution < -0.4 is 10.2 Å². The Morgan fingerprint density at radius 2 is 2.15 bits per heavy atom. The number of hydrogen-bond acceptors (Lipinski definition) is 4. The van der Waals surface area contributed by atoms with Crippen molar-refractivity contribution in [2.45, 2.75) is 38.4 Å². The molecule has 0 aromatic carbocycles. The normalized spacial score (nSPS) is 24.1. The zero-order chi connectivity index (χ0) is 14.1. The minimum absolute atomic E-state index is 0.564. The molecule has 2 heterocycles. The number of pyridine rings is 1. The Morgan fingerprint density at radius 1 is 1.35 bits per heavy atom. The summed E-state index contributed by atoms with van der Waals surface area (Å²) in [6.07, 6.45) is 2.57. The molecular formula is C15H23ClN4. The van der Waals surface area contributed by atoms with Crippen LogP contribution >= 0.6 is 11.6 Å². The number of rotatable bonds is 4. The first kappa shape index (κ1) is 14.1. The van der Waals surface area contributed by atoms with Gasteiger partial charge < -0.3 is 15.1 Å². The van der Waals surface area contributed by atoms with Crippen LogP contribution in [-0.2, 0) is 6.54 Å². The molecule has 2 aliphatic rings. The van der Waals surface area contributed by atoms with Gasteiger partial charge in [-0.3, -0.25) is 0 Å². The third-order valence-electron chi connectivity index (χ3n) is 4.32. The van der Waals surface area contributed by atoms with Crippen molar-refractivity contribution in [1.29, 1.82) is 0 Å². The molecular weight excluding hydrogens is 272 g/mol. The van der Waals surface area contributed by atoms with Gasteiger partial charge in [0.2, 0.25) is 0 Å². The second-order valence-electron chi connectivity index (χ2n) is 6.03. The van der Waals surface area contributed by atoms with Gasteiger partial charge in [-0.1, -0.05) is 11.6 Å². The highest BCUT2D eigenvalue weighted by molar-refractivity contribution is 6.31. The van der Waals surface area contributed by atoms with Crippen LogP contribution in [0.15, 0.2) is 12.1 Å². The third kappa shape index (κ3) is 3.25. The second-order valence-corrected chi connectivity index (χ2v) is 6.44. The van der Waals surface area contributed by atoms with Crippen LogP contribution in [0, 0.1) is 0 Å². The van der Waals surface area contributed by atoms with E-state index in [-0.39, 0.29) is 0 Å². The van der Waals surface area contributed by atoms with E-state index in [9.17, 15) is 0 Å². The summed E-state index contributed by atoms with van der Waals surface area (Å²) in [6.45, 7) is 6.19. The summed E-state index contributed by atoms with van der Waals surface area (Å²) in [5.74, 6) is 1.06. The van der Waals surface area contributed by atoms with Gasteiger partial charge in [-0.15, -0.1) is 0 Å². The minimum atomic E-state index is 0.564. The van der Waals surface area contributed by atoms with Gasteiger partial charge in [0, 0.05) is 38.3 Å². The molecule has 0 amide bonds. The van der Waals surface area contributed by atoms with E-state index in [1.165, 1.54) is 12.8 Å². The molecule has 1 aliphatic heterocycles. The van der Waals surface area contributed by atoms with E-state index in [1.54, 1.807) is 0 Å². The first-order valence-corrected chi connectivity index (χ1v) is 7.85. The molecule has 1 aromatic heterocycles. The predicted octanol–water partition coefficient (Wildman–Crippen LogP) is 2.13. The number of halogens is 1. The van der Waals surface area contributed by atoms with Crippen molar-refractivity contribution in [1.82, 2.24) is 15.2 Å². The van der Waals surface area contributed by atoms with Crippen LogP contribution in [0.25, 0.3) is 0 Å². The molecule has 1 saturated carbocycles.